The van der Waals surface area contributed by atoms with Crippen molar-refractivity contribution in [1.29, 1.82) is 0 Å². The first-order valence-corrected chi connectivity index (χ1v) is 7.97. The summed E-state index contributed by atoms with van der Waals surface area (Å²) in [5.41, 5.74) is -0.269. The highest BCUT2D eigenvalue weighted by atomic mass is 35.5. The fraction of sp³-hybridized carbons (Fsp3) is 0.0769. The number of ether oxygens (including phenoxy) is 1. The van der Waals surface area contributed by atoms with E-state index < -0.39 is 14.8 Å². The molecule has 0 saturated heterocycles. The summed E-state index contributed by atoms with van der Waals surface area (Å²) < 4.78 is 28.1. The van der Waals surface area contributed by atoms with E-state index in [2.05, 4.69) is 0 Å². The van der Waals surface area contributed by atoms with Crippen molar-refractivity contribution in [3.8, 4) is 11.5 Å². The highest BCUT2D eigenvalue weighted by molar-refractivity contribution is 7.90. The molecule has 0 heterocycles. The van der Waals surface area contributed by atoms with Gasteiger partial charge in [0.05, 0.1) is 14.8 Å². The Labute approximate surface area is 126 Å². The smallest absolute Gasteiger partial charge is 0.313 e. The van der Waals surface area contributed by atoms with Crippen molar-refractivity contribution in [2.24, 2.45) is 0 Å². The quantitative estimate of drug-likeness (QED) is 0.634. The molecule has 6 nitrogen and oxygen atoms in total. The van der Waals surface area contributed by atoms with E-state index in [0.717, 1.165) is 6.26 Å². The van der Waals surface area contributed by atoms with Gasteiger partial charge >= 0.3 is 5.69 Å². The first kappa shape index (κ1) is 15.3. The maximum absolute atomic E-state index is 11.3. The van der Waals surface area contributed by atoms with Gasteiger partial charge in [0, 0.05) is 12.3 Å². The van der Waals surface area contributed by atoms with Crippen LogP contribution in [0, 0.1) is 10.1 Å². The van der Waals surface area contributed by atoms with Crippen molar-refractivity contribution >= 4 is 27.1 Å². The molecule has 110 valence electrons. The van der Waals surface area contributed by atoms with Crippen LogP contribution in [-0.2, 0) is 9.84 Å². The zero-order valence-corrected chi connectivity index (χ0v) is 12.4. The second-order valence-electron chi connectivity index (χ2n) is 4.19. The second-order valence-corrected chi connectivity index (χ2v) is 6.61. The number of sulfone groups is 1. The molecule has 0 radical (unpaired) electrons. The van der Waals surface area contributed by atoms with Crippen LogP contribution in [0.1, 0.15) is 0 Å². The van der Waals surface area contributed by atoms with E-state index in [4.69, 9.17) is 16.3 Å². The Bertz CT molecular complexity index is 787. The summed E-state index contributed by atoms with van der Waals surface area (Å²) in [6.07, 6.45) is 1.09. The number of rotatable bonds is 4. The molecule has 2 aromatic rings. The van der Waals surface area contributed by atoms with Crippen LogP contribution < -0.4 is 4.74 Å². The SMILES string of the molecule is CS(=O)(=O)c1ccc(Oc2c(Cl)cccc2[N+](=O)[O-])cc1. The molecule has 0 aliphatic rings. The Morgan fingerprint density at radius 3 is 2.29 bits per heavy atom. The fourth-order valence-corrected chi connectivity index (χ4v) is 2.45. The zero-order valence-electron chi connectivity index (χ0n) is 10.8. The van der Waals surface area contributed by atoms with Gasteiger partial charge in [0.15, 0.2) is 9.84 Å². The largest absolute Gasteiger partial charge is 0.449 e. The Hall–Kier alpha value is -2.12. The molecule has 0 fully saturated rings. The molecule has 0 spiro atoms. The summed E-state index contributed by atoms with van der Waals surface area (Å²) in [6, 6.07) is 9.70. The predicted octanol–water partition coefficient (Wildman–Crippen LogP) is 3.44. The molecule has 2 rings (SSSR count). The van der Waals surface area contributed by atoms with E-state index >= 15 is 0 Å². The normalized spacial score (nSPS) is 11.1. The van der Waals surface area contributed by atoms with Gasteiger partial charge in [0.2, 0.25) is 5.75 Å². The number of hydrogen-bond donors (Lipinski definition) is 0. The maximum Gasteiger partial charge on any atom is 0.313 e. The van der Waals surface area contributed by atoms with Gasteiger partial charge < -0.3 is 4.74 Å². The van der Waals surface area contributed by atoms with E-state index in [0.29, 0.717) is 0 Å². The third kappa shape index (κ3) is 3.50. The number of nitrogens with zero attached hydrogens (tertiary/aromatic N) is 1. The zero-order chi connectivity index (χ0) is 15.6. The minimum Gasteiger partial charge on any atom is -0.449 e. The summed E-state index contributed by atoms with van der Waals surface area (Å²) >= 11 is 5.90. The van der Waals surface area contributed by atoms with E-state index in [1.807, 2.05) is 0 Å². The number of hydrogen-bond acceptors (Lipinski definition) is 5. The molecule has 0 saturated carbocycles. The van der Waals surface area contributed by atoms with Gasteiger partial charge in [0.25, 0.3) is 0 Å². The molecule has 2 aromatic carbocycles. The minimum atomic E-state index is -3.31. The molecule has 0 N–H and O–H groups in total. The molecule has 0 atom stereocenters. The van der Waals surface area contributed by atoms with E-state index in [-0.39, 0.29) is 27.1 Å². The standard InChI is InChI=1S/C13H10ClNO5S/c1-21(18,19)10-7-5-9(6-8-10)20-13-11(14)3-2-4-12(13)15(16)17/h2-8H,1H3. The van der Waals surface area contributed by atoms with Gasteiger partial charge in [-0.25, -0.2) is 8.42 Å². The topological polar surface area (TPSA) is 86.5 Å². The lowest BCUT2D eigenvalue weighted by Gasteiger charge is -2.08. The Morgan fingerprint density at radius 1 is 1.14 bits per heavy atom. The van der Waals surface area contributed by atoms with Gasteiger partial charge in [0.1, 0.15) is 5.75 Å². The van der Waals surface area contributed by atoms with Gasteiger partial charge in [-0.2, -0.15) is 0 Å². The molecule has 0 unspecified atom stereocenters. The molecular weight excluding hydrogens is 318 g/mol. The number of halogens is 1. The third-order valence-electron chi connectivity index (χ3n) is 2.61. The van der Waals surface area contributed by atoms with Crippen LogP contribution in [0.15, 0.2) is 47.4 Å². The number of para-hydroxylation sites is 1. The van der Waals surface area contributed by atoms with Crippen molar-refractivity contribution in [3.05, 3.63) is 57.6 Å². The Morgan fingerprint density at radius 2 is 1.76 bits per heavy atom. The molecule has 8 heteroatoms. The summed E-state index contributed by atoms with van der Waals surface area (Å²) in [6.45, 7) is 0. The Kier molecular flexibility index (Phi) is 4.15. The molecular formula is C13H10ClNO5S. The lowest BCUT2D eigenvalue weighted by atomic mass is 10.3. The highest BCUT2D eigenvalue weighted by Crippen LogP contribution is 2.37. The second kappa shape index (κ2) is 5.71. The summed E-state index contributed by atoms with van der Waals surface area (Å²) in [7, 11) is -3.31. The third-order valence-corrected chi connectivity index (χ3v) is 4.04. The van der Waals surface area contributed by atoms with Crippen molar-refractivity contribution < 1.29 is 18.1 Å². The molecule has 0 bridgehead atoms. The van der Waals surface area contributed by atoms with Crippen molar-refractivity contribution in [1.82, 2.24) is 0 Å². The minimum absolute atomic E-state index is 0.0868. The number of benzene rings is 2. The van der Waals surface area contributed by atoms with E-state index in [1.54, 1.807) is 0 Å². The van der Waals surface area contributed by atoms with Crippen LogP contribution in [0.4, 0.5) is 5.69 Å². The van der Waals surface area contributed by atoms with Crippen molar-refractivity contribution in [3.63, 3.8) is 0 Å². The first-order chi connectivity index (χ1) is 9.79. The monoisotopic (exact) mass is 327 g/mol. The van der Waals surface area contributed by atoms with Crippen LogP contribution in [0.3, 0.4) is 0 Å². The van der Waals surface area contributed by atoms with Gasteiger partial charge in [-0.05, 0) is 30.3 Å². The molecule has 21 heavy (non-hydrogen) atoms. The number of nitro groups is 1. The molecule has 0 aliphatic heterocycles. The molecule has 0 aromatic heterocycles. The van der Waals surface area contributed by atoms with Crippen LogP contribution in [0.5, 0.6) is 11.5 Å². The number of nitro benzene ring substituents is 1. The average Bonchev–Trinajstić information content (AvgIpc) is 2.40. The van der Waals surface area contributed by atoms with Crippen LogP contribution in [0.25, 0.3) is 0 Å². The lowest BCUT2D eigenvalue weighted by Crippen LogP contribution is -1.97. The highest BCUT2D eigenvalue weighted by Gasteiger charge is 2.19. The lowest BCUT2D eigenvalue weighted by molar-refractivity contribution is -0.385. The van der Waals surface area contributed by atoms with Gasteiger partial charge in [-0.3, -0.25) is 10.1 Å². The fourth-order valence-electron chi connectivity index (χ4n) is 1.61. The molecule has 0 amide bonds. The van der Waals surface area contributed by atoms with Crippen LogP contribution in [-0.4, -0.2) is 19.6 Å². The maximum atomic E-state index is 11.3. The predicted molar refractivity (Wildman–Crippen MR) is 77.7 cm³/mol. The van der Waals surface area contributed by atoms with E-state index in [9.17, 15) is 18.5 Å². The Balaban J connectivity index is 2.37. The molecule has 0 aliphatic carbocycles. The average molecular weight is 328 g/mol. The van der Waals surface area contributed by atoms with Gasteiger partial charge in [-0.1, -0.05) is 17.7 Å². The van der Waals surface area contributed by atoms with Crippen LogP contribution in [0.2, 0.25) is 5.02 Å². The van der Waals surface area contributed by atoms with Crippen LogP contribution >= 0.6 is 11.6 Å². The van der Waals surface area contributed by atoms with Gasteiger partial charge in [-0.15, -0.1) is 0 Å². The van der Waals surface area contributed by atoms with Crippen molar-refractivity contribution in [2.45, 2.75) is 4.90 Å². The first-order valence-electron chi connectivity index (χ1n) is 5.70. The van der Waals surface area contributed by atoms with E-state index in [1.165, 1.54) is 42.5 Å². The summed E-state index contributed by atoms with van der Waals surface area (Å²) in [5.74, 6) is 0.162. The van der Waals surface area contributed by atoms with Crippen molar-refractivity contribution in [2.75, 3.05) is 6.26 Å². The summed E-state index contributed by atoms with van der Waals surface area (Å²) in [4.78, 5) is 10.5. The summed E-state index contributed by atoms with van der Waals surface area (Å²) in [5, 5.41) is 11.0.